The Balaban J connectivity index is 0. The van der Waals surface area contributed by atoms with Gasteiger partial charge in [-0.05, 0) is 0 Å². The second-order valence-electron chi connectivity index (χ2n) is 0.105. The van der Waals surface area contributed by atoms with Gasteiger partial charge in [-0.1, -0.05) is 0 Å². The number of rotatable bonds is 0. The molecule has 1 N–H and O–H groups in total. The zero-order valence-electron chi connectivity index (χ0n) is 1.43. The van der Waals surface area contributed by atoms with Crippen LogP contribution < -0.4 is 0 Å². The molecule has 0 aliphatic heterocycles. The fourth-order valence-electron chi connectivity index (χ4n) is 0. The van der Waals surface area contributed by atoms with Crippen molar-refractivity contribution in [1.82, 2.24) is 0 Å². The normalized spacial score (nSPS) is 2.00. The van der Waals surface area contributed by atoms with E-state index in [1.54, 1.807) is 0 Å². The summed E-state index contributed by atoms with van der Waals surface area (Å²) in [5.41, 5.74) is 0. The molecule has 0 aromatic carbocycles. The molecule has 0 spiro atoms. The molecule has 0 aliphatic carbocycles. The Hall–Kier alpha value is 1.24. The first-order valence-corrected chi connectivity index (χ1v) is 0.494. The molecule has 0 unspecified atom stereocenters. The summed E-state index contributed by atoms with van der Waals surface area (Å²) in [4.78, 5) is 0. The molecule has 4 heavy (non-hydrogen) atoms. The minimum absolute atomic E-state index is 0. The summed E-state index contributed by atoms with van der Waals surface area (Å²) in [6.07, 6.45) is 0. The van der Waals surface area contributed by atoms with E-state index in [4.69, 9.17) is 9.73 Å². The molecule has 0 aromatic rings. The monoisotopic (exact) mass is 184 g/mol. The molecule has 20 valence electrons. The van der Waals surface area contributed by atoms with Gasteiger partial charge in [-0.3, -0.25) is 0 Å². The van der Waals surface area contributed by atoms with E-state index >= 15 is 0 Å². The van der Waals surface area contributed by atoms with E-state index in [2.05, 4.69) is 0 Å². The van der Waals surface area contributed by atoms with Crippen LogP contribution in [0.1, 0.15) is 0 Å². The molecule has 0 aliphatic rings. The van der Waals surface area contributed by atoms with Crippen LogP contribution in [0, 0.1) is 0 Å². The summed E-state index contributed by atoms with van der Waals surface area (Å²) in [5, 5.41) is 6.89. The van der Waals surface area contributed by atoms with Crippen molar-refractivity contribution in [3.63, 3.8) is 0 Å². The average molecular weight is 183 g/mol. The molecule has 0 rings (SSSR count). The molecule has 0 saturated heterocycles. The Bertz CT molecular complexity index is 13.5. The maximum atomic E-state index is 8.36. The van der Waals surface area contributed by atoms with Crippen LogP contribution in [0.4, 0.5) is 0 Å². The molecule has 0 atom stereocenters. The Morgan fingerprint density at radius 2 is 1.75 bits per heavy atom. The van der Waals surface area contributed by atoms with Gasteiger partial charge in [0.15, 0.2) is 0 Å². The van der Waals surface area contributed by atoms with Gasteiger partial charge in [0, 0.05) is 0 Å². The Morgan fingerprint density at radius 3 is 1.75 bits per heavy atom. The van der Waals surface area contributed by atoms with Crippen LogP contribution in [0.2, 0.25) is 0 Å². The second-order valence-corrected chi connectivity index (χ2v) is 0.105. The molecule has 2 nitrogen and oxygen atoms in total. The predicted octanol–water partition coefficient (Wildman–Crippen LogP) is -1.97. The predicted molar refractivity (Wildman–Crippen MR) is 17.2 cm³/mol. The van der Waals surface area contributed by atoms with Gasteiger partial charge in [0.05, 0.1) is 0 Å². The van der Waals surface area contributed by atoms with Gasteiger partial charge in [-0.25, -0.2) is 0 Å². The first-order chi connectivity index (χ1) is 1.41. The molecule has 0 fully saturated rings. The van der Waals surface area contributed by atoms with Crippen molar-refractivity contribution in [2.75, 3.05) is 0 Å². The van der Waals surface area contributed by atoms with Gasteiger partial charge in [0.2, 0.25) is 0 Å². The van der Waals surface area contributed by atoms with E-state index in [0.29, 0.717) is 0 Å². The van der Waals surface area contributed by atoms with Crippen LogP contribution in [-0.4, -0.2) is 61.3 Å². The average Bonchev–Trinajstić information content (AvgIpc) is 0.918. The van der Waals surface area contributed by atoms with Crippen molar-refractivity contribution in [2.24, 2.45) is 0 Å². The summed E-state index contributed by atoms with van der Waals surface area (Å²) in [6, 6.07) is 0. The van der Waals surface area contributed by atoms with Crippen LogP contribution in [-0.2, 0) is 4.70 Å². The van der Waals surface area contributed by atoms with Gasteiger partial charge in [-0.15, -0.1) is 0 Å². The van der Waals surface area contributed by atoms with E-state index in [-0.39, 0.29) is 56.2 Å². The van der Waals surface area contributed by atoms with Crippen molar-refractivity contribution in [3.8, 4) is 0 Å². The van der Waals surface area contributed by atoms with Crippen LogP contribution in [0.3, 0.4) is 0 Å². The topological polar surface area (TPSA) is 37.3 Å². The van der Waals surface area contributed by atoms with Crippen LogP contribution in [0.5, 0.6) is 0 Å². The van der Waals surface area contributed by atoms with E-state index < -0.39 is 0 Å². The van der Waals surface area contributed by atoms with Gasteiger partial charge >= 0.3 is 66.0 Å². The molecule has 0 heterocycles. The standard InChI is InChI=1S/BHO2.Ba.2H/c2-1-3;;;/h2H;;;. The molecule has 0 amide bonds. The zero-order valence-corrected chi connectivity index (χ0v) is 1.43. The fraction of sp³-hybridized carbons (Fsp3) is 0. The third-order valence-electron chi connectivity index (χ3n) is 0. The van der Waals surface area contributed by atoms with Gasteiger partial charge in [0.25, 0.3) is 0 Å². The summed E-state index contributed by atoms with van der Waals surface area (Å²) >= 11 is 0. The van der Waals surface area contributed by atoms with E-state index in [0.717, 1.165) is 0 Å². The van der Waals surface area contributed by atoms with Crippen LogP contribution >= 0.6 is 0 Å². The first kappa shape index (κ1) is 8.97. The van der Waals surface area contributed by atoms with Crippen LogP contribution in [0.25, 0.3) is 0 Å². The van der Waals surface area contributed by atoms with Gasteiger partial charge < -0.3 is 0 Å². The van der Waals surface area contributed by atoms with Crippen molar-refractivity contribution in [1.29, 1.82) is 0 Å². The van der Waals surface area contributed by atoms with E-state index in [1.807, 2.05) is 0 Å². The summed E-state index contributed by atoms with van der Waals surface area (Å²) in [6.45, 7) is 0. The van der Waals surface area contributed by atoms with Crippen molar-refractivity contribution in [2.45, 2.75) is 0 Å². The van der Waals surface area contributed by atoms with Gasteiger partial charge in [-0.2, -0.15) is 0 Å². The summed E-state index contributed by atoms with van der Waals surface area (Å²) < 4.78 is 8.36. The Labute approximate surface area is 64.9 Å². The summed E-state index contributed by atoms with van der Waals surface area (Å²) in [7, 11) is -0.250. The third kappa shape index (κ3) is 10.6. The Kier molecular flexibility index (Phi) is 19.9. The molecule has 0 aromatic heterocycles. The Morgan fingerprint density at radius 1 is 1.75 bits per heavy atom. The molecular weight excluding hydrogens is 180 g/mol. The van der Waals surface area contributed by atoms with E-state index in [1.165, 1.54) is 0 Å². The molecule has 0 bridgehead atoms. The van der Waals surface area contributed by atoms with Crippen LogP contribution in [0.15, 0.2) is 0 Å². The van der Waals surface area contributed by atoms with Gasteiger partial charge in [0.1, 0.15) is 0 Å². The van der Waals surface area contributed by atoms with E-state index in [9.17, 15) is 0 Å². The first-order valence-electron chi connectivity index (χ1n) is 0.494. The quantitative estimate of drug-likeness (QED) is 0.442. The SMILES string of the molecule is O=BO.[BaH2]. The van der Waals surface area contributed by atoms with Crippen molar-refractivity contribution < 1.29 is 9.73 Å². The second kappa shape index (κ2) is 8.87. The number of hydrogen-bond acceptors (Lipinski definition) is 1. The number of hydrogen-bond donors (Lipinski definition) is 1. The zero-order chi connectivity index (χ0) is 2.71. The third-order valence-corrected chi connectivity index (χ3v) is 0. The van der Waals surface area contributed by atoms with Crippen molar-refractivity contribution in [3.05, 3.63) is 0 Å². The minimum atomic E-state index is -0.250. The van der Waals surface area contributed by atoms with Crippen molar-refractivity contribution >= 4 is 56.2 Å². The molecular formula is H3BBaO2. The maximum absolute atomic E-state index is 8.36. The fourth-order valence-corrected chi connectivity index (χ4v) is 0. The summed E-state index contributed by atoms with van der Waals surface area (Å²) in [5.74, 6) is 0. The molecule has 4 heteroatoms. The molecule has 0 saturated carbocycles. The molecule has 0 radical (unpaired) electrons.